The number of carboxylic acids is 1. The Kier molecular flexibility index (Phi) is 2.74. The summed E-state index contributed by atoms with van der Waals surface area (Å²) in [6.45, 7) is 1.77. The number of hydrogen-bond donors (Lipinski definition) is 1. The average Bonchev–Trinajstić information content (AvgIpc) is 2.25. The number of aromatic carboxylic acids is 1. The van der Waals surface area contributed by atoms with Crippen LogP contribution in [0.25, 0.3) is 10.9 Å². The van der Waals surface area contributed by atoms with Gasteiger partial charge in [-0.25, -0.2) is 4.79 Å². The van der Waals surface area contributed by atoms with Crippen LogP contribution in [0.4, 0.5) is 0 Å². The van der Waals surface area contributed by atoms with Gasteiger partial charge in [0.05, 0.1) is 21.1 Å². The standard InChI is InChI=1S/C11H7Cl2NO2/c1-5-4-7(12)10-8(9(5)13)6(11(15)16)2-3-14-10/h2-4H,1H3,(H,15,16). The molecular weight excluding hydrogens is 249 g/mol. The smallest absolute Gasteiger partial charge is 0.336 e. The predicted molar refractivity (Wildman–Crippen MR) is 63.5 cm³/mol. The SMILES string of the molecule is Cc1cc(Cl)c2nccc(C(=O)O)c2c1Cl. The molecule has 0 saturated carbocycles. The summed E-state index contributed by atoms with van der Waals surface area (Å²) >= 11 is 12.1. The fraction of sp³-hybridized carbons (Fsp3) is 0.0909. The van der Waals surface area contributed by atoms with Crippen LogP contribution in [0.2, 0.25) is 10.0 Å². The lowest BCUT2D eigenvalue weighted by molar-refractivity contribution is 0.0699. The molecule has 0 aliphatic heterocycles. The van der Waals surface area contributed by atoms with E-state index in [9.17, 15) is 4.79 Å². The number of halogens is 2. The number of pyridine rings is 1. The van der Waals surface area contributed by atoms with E-state index in [0.717, 1.165) is 5.56 Å². The van der Waals surface area contributed by atoms with Crippen molar-refractivity contribution in [3.05, 3.63) is 39.5 Å². The zero-order chi connectivity index (χ0) is 11.9. The Bertz CT molecular complexity index is 596. The van der Waals surface area contributed by atoms with E-state index in [0.29, 0.717) is 20.9 Å². The number of carbonyl (C=O) groups is 1. The summed E-state index contributed by atoms with van der Waals surface area (Å²) < 4.78 is 0. The van der Waals surface area contributed by atoms with Gasteiger partial charge < -0.3 is 5.11 Å². The molecule has 1 heterocycles. The molecule has 0 aliphatic rings. The van der Waals surface area contributed by atoms with Gasteiger partial charge in [-0.15, -0.1) is 0 Å². The zero-order valence-electron chi connectivity index (χ0n) is 8.29. The van der Waals surface area contributed by atoms with E-state index in [-0.39, 0.29) is 5.56 Å². The molecule has 82 valence electrons. The van der Waals surface area contributed by atoms with Crippen molar-refractivity contribution in [3.63, 3.8) is 0 Å². The van der Waals surface area contributed by atoms with Crippen LogP contribution in [0.3, 0.4) is 0 Å². The molecule has 2 rings (SSSR count). The first kappa shape index (κ1) is 11.2. The average molecular weight is 256 g/mol. The maximum atomic E-state index is 11.1. The number of hydrogen-bond acceptors (Lipinski definition) is 2. The molecule has 2 aromatic rings. The summed E-state index contributed by atoms with van der Waals surface area (Å²) in [5.74, 6) is -1.05. The summed E-state index contributed by atoms with van der Waals surface area (Å²) in [5.41, 5.74) is 1.26. The Morgan fingerprint density at radius 1 is 1.44 bits per heavy atom. The molecule has 3 nitrogen and oxygen atoms in total. The minimum Gasteiger partial charge on any atom is -0.478 e. The van der Waals surface area contributed by atoms with Crippen molar-refractivity contribution in [1.29, 1.82) is 0 Å². The highest BCUT2D eigenvalue weighted by Crippen LogP contribution is 2.33. The highest BCUT2D eigenvalue weighted by atomic mass is 35.5. The topological polar surface area (TPSA) is 50.2 Å². The first-order valence-electron chi connectivity index (χ1n) is 4.49. The third-order valence-corrected chi connectivity index (χ3v) is 3.09. The Hall–Kier alpha value is -1.32. The summed E-state index contributed by atoms with van der Waals surface area (Å²) in [7, 11) is 0. The molecule has 5 heteroatoms. The molecule has 0 radical (unpaired) electrons. The van der Waals surface area contributed by atoms with Crippen LogP contribution in [-0.2, 0) is 0 Å². The molecule has 0 unspecified atom stereocenters. The van der Waals surface area contributed by atoms with E-state index in [1.54, 1.807) is 13.0 Å². The van der Waals surface area contributed by atoms with E-state index in [2.05, 4.69) is 4.98 Å². The lowest BCUT2D eigenvalue weighted by Crippen LogP contribution is -1.99. The molecule has 0 saturated heterocycles. The zero-order valence-corrected chi connectivity index (χ0v) is 9.80. The molecule has 0 atom stereocenters. The van der Waals surface area contributed by atoms with Gasteiger partial charge in [0.25, 0.3) is 0 Å². The van der Waals surface area contributed by atoms with Gasteiger partial charge in [-0.1, -0.05) is 23.2 Å². The van der Waals surface area contributed by atoms with Gasteiger partial charge in [-0.3, -0.25) is 4.98 Å². The highest BCUT2D eigenvalue weighted by molar-refractivity contribution is 6.41. The Morgan fingerprint density at radius 2 is 2.12 bits per heavy atom. The quantitative estimate of drug-likeness (QED) is 0.848. The highest BCUT2D eigenvalue weighted by Gasteiger charge is 2.15. The Balaban J connectivity index is 3.01. The second-order valence-electron chi connectivity index (χ2n) is 3.38. The third kappa shape index (κ3) is 1.62. The van der Waals surface area contributed by atoms with Crippen LogP contribution < -0.4 is 0 Å². The summed E-state index contributed by atoms with van der Waals surface area (Å²) in [5, 5.41) is 10.2. The first-order chi connectivity index (χ1) is 7.52. The number of fused-ring (bicyclic) bond motifs is 1. The summed E-state index contributed by atoms with van der Waals surface area (Å²) in [6.07, 6.45) is 1.41. The van der Waals surface area contributed by atoms with Crippen LogP contribution in [0.5, 0.6) is 0 Å². The Morgan fingerprint density at radius 3 is 2.75 bits per heavy atom. The lowest BCUT2D eigenvalue weighted by atomic mass is 10.1. The molecule has 1 aromatic heterocycles. The van der Waals surface area contributed by atoms with Crippen LogP contribution in [0, 0.1) is 6.92 Å². The molecule has 0 bridgehead atoms. The predicted octanol–water partition coefficient (Wildman–Crippen LogP) is 3.55. The van der Waals surface area contributed by atoms with Crippen molar-refractivity contribution in [2.24, 2.45) is 0 Å². The van der Waals surface area contributed by atoms with Gasteiger partial charge in [0.1, 0.15) is 0 Å². The lowest BCUT2D eigenvalue weighted by Gasteiger charge is -2.08. The van der Waals surface area contributed by atoms with Crippen molar-refractivity contribution in [2.45, 2.75) is 6.92 Å². The number of nitrogens with zero attached hydrogens (tertiary/aromatic N) is 1. The number of carboxylic acid groups (broad SMARTS) is 1. The first-order valence-corrected chi connectivity index (χ1v) is 5.24. The number of benzene rings is 1. The van der Waals surface area contributed by atoms with Crippen LogP contribution in [0.15, 0.2) is 18.3 Å². The normalized spacial score (nSPS) is 10.7. The maximum Gasteiger partial charge on any atom is 0.336 e. The van der Waals surface area contributed by atoms with Crippen molar-refractivity contribution in [1.82, 2.24) is 4.98 Å². The second kappa shape index (κ2) is 3.92. The second-order valence-corrected chi connectivity index (χ2v) is 4.16. The van der Waals surface area contributed by atoms with Gasteiger partial charge in [0.15, 0.2) is 0 Å². The number of aromatic nitrogens is 1. The largest absolute Gasteiger partial charge is 0.478 e. The molecule has 0 amide bonds. The van der Waals surface area contributed by atoms with Crippen molar-refractivity contribution in [2.75, 3.05) is 0 Å². The van der Waals surface area contributed by atoms with Crippen LogP contribution >= 0.6 is 23.2 Å². The molecule has 0 aliphatic carbocycles. The molecule has 0 spiro atoms. The minimum absolute atomic E-state index is 0.112. The molecular formula is C11H7Cl2NO2. The van der Waals surface area contributed by atoms with Crippen LogP contribution in [-0.4, -0.2) is 16.1 Å². The van der Waals surface area contributed by atoms with E-state index >= 15 is 0 Å². The molecule has 16 heavy (non-hydrogen) atoms. The van der Waals surface area contributed by atoms with Gasteiger partial charge in [-0.05, 0) is 24.6 Å². The minimum atomic E-state index is -1.05. The fourth-order valence-corrected chi connectivity index (χ4v) is 2.12. The van der Waals surface area contributed by atoms with E-state index in [1.807, 2.05) is 0 Å². The van der Waals surface area contributed by atoms with Gasteiger partial charge in [0, 0.05) is 11.6 Å². The maximum absolute atomic E-state index is 11.1. The molecule has 0 fully saturated rings. The monoisotopic (exact) mass is 255 g/mol. The van der Waals surface area contributed by atoms with Crippen LogP contribution in [0.1, 0.15) is 15.9 Å². The van der Waals surface area contributed by atoms with Crippen molar-refractivity contribution >= 4 is 40.1 Å². The van der Waals surface area contributed by atoms with E-state index in [1.165, 1.54) is 12.3 Å². The third-order valence-electron chi connectivity index (χ3n) is 2.32. The van der Waals surface area contributed by atoms with Gasteiger partial charge in [-0.2, -0.15) is 0 Å². The van der Waals surface area contributed by atoms with Crippen molar-refractivity contribution < 1.29 is 9.90 Å². The summed E-state index contributed by atoms with van der Waals surface area (Å²) in [4.78, 5) is 15.1. The molecule has 1 aromatic carbocycles. The van der Waals surface area contributed by atoms with E-state index in [4.69, 9.17) is 28.3 Å². The molecule has 1 N–H and O–H groups in total. The van der Waals surface area contributed by atoms with Crippen molar-refractivity contribution in [3.8, 4) is 0 Å². The van der Waals surface area contributed by atoms with Gasteiger partial charge >= 0.3 is 5.97 Å². The number of rotatable bonds is 1. The number of aryl methyl sites for hydroxylation is 1. The fourth-order valence-electron chi connectivity index (χ4n) is 1.56. The Labute approximate surface area is 102 Å². The summed E-state index contributed by atoms with van der Waals surface area (Å²) in [6, 6.07) is 3.08. The van der Waals surface area contributed by atoms with E-state index < -0.39 is 5.97 Å². The van der Waals surface area contributed by atoms with Gasteiger partial charge in [0.2, 0.25) is 0 Å².